The van der Waals surface area contributed by atoms with Crippen molar-refractivity contribution in [2.24, 2.45) is 0 Å². The van der Waals surface area contributed by atoms with Gasteiger partial charge in [0.2, 0.25) is 0 Å². The van der Waals surface area contributed by atoms with Crippen molar-refractivity contribution in [3.05, 3.63) is 65.0 Å². The van der Waals surface area contributed by atoms with Gasteiger partial charge in [-0.05, 0) is 67.6 Å². The Hall–Kier alpha value is -2.36. The molecule has 1 aliphatic heterocycles. The standard InChI is InChI=1S/C19H21FN2O/c1-13-10-14(2)12-17(11-13)21-19(23)22-9-3-4-18(22)15-5-7-16(20)8-6-15/h5-8,10-12,18H,3-4,9H2,1-2H3,(H,21,23). The highest BCUT2D eigenvalue weighted by Crippen LogP contribution is 2.32. The summed E-state index contributed by atoms with van der Waals surface area (Å²) in [4.78, 5) is 14.5. The summed E-state index contributed by atoms with van der Waals surface area (Å²) in [5.74, 6) is -0.252. The number of amides is 2. The van der Waals surface area contributed by atoms with Gasteiger partial charge in [0.1, 0.15) is 5.82 Å². The second-order valence-electron chi connectivity index (χ2n) is 6.21. The van der Waals surface area contributed by atoms with Crippen molar-refractivity contribution in [1.29, 1.82) is 0 Å². The van der Waals surface area contributed by atoms with Gasteiger partial charge in [-0.25, -0.2) is 9.18 Å². The van der Waals surface area contributed by atoms with Gasteiger partial charge >= 0.3 is 6.03 Å². The van der Waals surface area contributed by atoms with E-state index in [9.17, 15) is 9.18 Å². The first-order valence-corrected chi connectivity index (χ1v) is 7.94. The molecule has 2 aromatic rings. The van der Waals surface area contributed by atoms with E-state index >= 15 is 0 Å². The van der Waals surface area contributed by atoms with Gasteiger partial charge in [0.05, 0.1) is 6.04 Å². The maximum Gasteiger partial charge on any atom is 0.322 e. The zero-order valence-electron chi connectivity index (χ0n) is 13.5. The number of rotatable bonds is 2. The lowest BCUT2D eigenvalue weighted by Crippen LogP contribution is -2.34. The van der Waals surface area contributed by atoms with Gasteiger partial charge in [-0.15, -0.1) is 0 Å². The Balaban J connectivity index is 1.76. The lowest BCUT2D eigenvalue weighted by molar-refractivity contribution is 0.207. The van der Waals surface area contributed by atoms with E-state index in [2.05, 4.69) is 11.4 Å². The lowest BCUT2D eigenvalue weighted by atomic mass is 10.0. The molecule has 1 atom stereocenters. The zero-order valence-corrected chi connectivity index (χ0v) is 13.5. The average molecular weight is 312 g/mol. The molecule has 1 fully saturated rings. The summed E-state index contributed by atoms with van der Waals surface area (Å²) in [6.07, 6.45) is 1.87. The zero-order chi connectivity index (χ0) is 16.4. The highest BCUT2D eigenvalue weighted by Gasteiger charge is 2.30. The number of hydrogen-bond acceptors (Lipinski definition) is 1. The number of carbonyl (C=O) groups excluding carboxylic acids is 1. The van der Waals surface area contributed by atoms with Gasteiger partial charge in [-0.1, -0.05) is 18.2 Å². The second kappa shape index (κ2) is 6.41. The third-order valence-corrected chi connectivity index (χ3v) is 4.24. The average Bonchev–Trinajstić information content (AvgIpc) is 2.96. The number of nitrogens with zero attached hydrogens (tertiary/aromatic N) is 1. The maximum atomic E-state index is 13.1. The molecule has 0 aliphatic carbocycles. The first-order chi connectivity index (χ1) is 11.0. The van der Waals surface area contributed by atoms with Gasteiger partial charge in [0.15, 0.2) is 0 Å². The summed E-state index contributed by atoms with van der Waals surface area (Å²) < 4.78 is 13.1. The van der Waals surface area contributed by atoms with Gasteiger partial charge in [0.25, 0.3) is 0 Å². The Morgan fingerprint density at radius 2 is 1.78 bits per heavy atom. The largest absolute Gasteiger partial charge is 0.322 e. The normalized spacial score (nSPS) is 17.3. The van der Waals surface area contributed by atoms with Crippen LogP contribution in [-0.4, -0.2) is 17.5 Å². The minimum absolute atomic E-state index is 0.0153. The van der Waals surface area contributed by atoms with E-state index in [0.717, 1.165) is 41.8 Å². The van der Waals surface area contributed by atoms with Crippen molar-refractivity contribution in [2.75, 3.05) is 11.9 Å². The number of aryl methyl sites for hydroxylation is 2. The lowest BCUT2D eigenvalue weighted by Gasteiger charge is -2.25. The molecule has 1 saturated heterocycles. The van der Waals surface area contributed by atoms with E-state index < -0.39 is 0 Å². The summed E-state index contributed by atoms with van der Waals surface area (Å²) in [6.45, 7) is 4.75. The molecular formula is C19H21FN2O. The molecule has 120 valence electrons. The number of hydrogen-bond donors (Lipinski definition) is 1. The van der Waals surface area contributed by atoms with Crippen LogP contribution in [0.2, 0.25) is 0 Å². The predicted molar refractivity (Wildman–Crippen MR) is 90.0 cm³/mol. The molecule has 4 heteroatoms. The van der Waals surface area contributed by atoms with Gasteiger partial charge < -0.3 is 10.2 Å². The number of carbonyl (C=O) groups is 1. The van der Waals surface area contributed by atoms with Gasteiger partial charge in [0, 0.05) is 12.2 Å². The van der Waals surface area contributed by atoms with Crippen LogP contribution < -0.4 is 5.32 Å². The van der Waals surface area contributed by atoms with E-state index in [1.807, 2.05) is 30.9 Å². The Bertz CT molecular complexity index is 692. The SMILES string of the molecule is Cc1cc(C)cc(NC(=O)N2CCCC2c2ccc(F)cc2)c1. The molecule has 1 aliphatic rings. The fourth-order valence-electron chi connectivity index (χ4n) is 3.28. The maximum absolute atomic E-state index is 13.1. The fraction of sp³-hybridized carbons (Fsp3) is 0.316. The number of halogens is 1. The number of likely N-dealkylation sites (tertiary alicyclic amines) is 1. The molecule has 0 saturated carbocycles. The molecule has 2 amide bonds. The fourth-order valence-corrected chi connectivity index (χ4v) is 3.28. The summed E-state index contributed by atoms with van der Waals surface area (Å²) in [5, 5.41) is 2.99. The molecule has 1 heterocycles. The topological polar surface area (TPSA) is 32.3 Å². The van der Waals surface area contributed by atoms with Crippen LogP contribution in [0.4, 0.5) is 14.9 Å². The van der Waals surface area contributed by atoms with E-state index in [4.69, 9.17) is 0 Å². The van der Waals surface area contributed by atoms with E-state index in [0.29, 0.717) is 0 Å². The van der Waals surface area contributed by atoms with Crippen molar-refractivity contribution >= 4 is 11.7 Å². The molecule has 23 heavy (non-hydrogen) atoms. The van der Waals surface area contributed by atoms with Gasteiger partial charge in [-0.2, -0.15) is 0 Å². The van der Waals surface area contributed by atoms with Crippen molar-refractivity contribution in [3.63, 3.8) is 0 Å². The highest BCUT2D eigenvalue weighted by atomic mass is 19.1. The monoisotopic (exact) mass is 312 g/mol. The molecule has 0 spiro atoms. The number of nitrogens with one attached hydrogen (secondary N) is 1. The molecule has 0 radical (unpaired) electrons. The van der Waals surface area contributed by atoms with Crippen LogP contribution in [0.1, 0.15) is 35.6 Å². The number of anilines is 1. The Morgan fingerprint density at radius 3 is 2.43 bits per heavy atom. The molecule has 0 bridgehead atoms. The van der Waals surface area contributed by atoms with Crippen LogP contribution >= 0.6 is 0 Å². The van der Waals surface area contributed by atoms with E-state index in [1.54, 1.807) is 12.1 Å². The Labute approximate surface area is 136 Å². The second-order valence-corrected chi connectivity index (χ2v) is 6.21. The number of benzene rings is 2. The van der Waals surface area contributed by atoms with Gasteiger partial charge in [-0.3, -0.25) is 0 Å². The van der Waals surface area contributed by atoms with E-state index in [1.165, 1.54) is 12.1 Å². The summed E-state index contributed by atoms with van der Waals surface area (Å²) in [7, 11) is 0. The van der Waals surface area contributed by atoms with Crippen LogP contribution in [0.25, 0.3) is 0 Å². The third kappa shape index (κ3) is 3.52. The van der Waals surface area contributed by atoms with Crippen molar-refractivity contribution < 1.29 is 9.18 Å². The summed E-state index contributed by atoms with van der Waals surface area (Å²) in [5.41, 5.74) is 4.05. The van der Waals surface area contributed by atoms with Crippen molar-refractivity contribution in [2.45, 2.75) is 32.7 Å². The molecule has 1 N–H and O–H groups in total. The third-order valence-electron chi connectivity index (χ3n) is 4.24. The highest BCUT2D eigenvalue weighted by molar-refractivity contribution is 5.90. The smallest absolute Gasteiger partial charge is 0.317 e. The first-order valence-electron chi connectivity index (χ1n) is 7.94. The molecular weight excluding hydrogens is 291 g/mol. The Morgan fingerprint density at radius 1 is 1.13 bits per heavy atom. The summed E-state index contributed by atoms with van der Waals surface area (Å²) >= 11 is 0. The minimum Gasteiger partial charge on any atom is -0.317 e. The predicted octanol–water partition coefficient (Wildman–Crippen LogP) is 4.81. The molecule has 1 unspecified atom stereocenters. The minimum atomic E-state index is -0.252. The van der Waals surface area contributed by atoms with Crippen molar-refractivity contribution in [1.82, 2.24) is 4.90 Å². The summed E-state index contributed by atoms with van der Waals surface area (Å²) in [6, 6.07) is 12.4. The van der Waals surface area contributed by atoms with Crippen LogP contribution in [-0.2, 0) is 0 Å². The molecule has 3 rings (SSSR count). The van der Waals surface area contributed by atoms with Crippen molar-refractivity contribution in [3.8, 4) is 0 Å². The molecule has 3 nitrogen and oxygen atoms in total. The van der Waals surface area contributed by atoms with E-state index in [-0.39, 0.29) is 17.9 Å². The van der Waals surface area contributed by atoms with Crippen LogP contribution in [0, 0.1) is 19.7 Å². The number of urea groups is 1. The quantitative estimate of drug-likeness (QED) is 0.848. The Kier molecular flexibility index (Phi) is 4.33. The molecule has 0 aromatic heterocycles. The van der Waals surface area contributed by atoms with Crippen LogP contribution in [0.15, 0.2) is 42.5 Å². The van der Waals surface area contributed by atoms with Crippen LogP contribution in [0.5, 0.6) is 0 Å². The molecule has 2 aromatic carbocycles. The van der Waals surface area contributed by atoms with Crippen LogP contribution in [0.3, 0.4) is 0 Å². The first kappa shape index (κ1) is 15.5.